The highest BCUT2D eigenvalue weighted by atomic mass is 14.1. The molecule has 1 radical (unpaired) electrons. The van der Waals surface area contributed by atoms with Gasteiger partial charge >= 0.3 is 0 Å². The molecule has 0 aliphatic carbocycles. The molecule has 3 aromatic carbocycles. The summed E-state index contributed by atoms with van der Waals surface area (Å²) in [7, 11) is 0. The maximum atomic E-state index is 3.65. The Morgan fingerprint density at radius 3 is 2.48 bits per heavy atom. The summed E-state index contributed by atoms with van der Waals surface area (Å²) >= 11 is 0. The fraction of sp³-hybridized carbons (Fsp3) is 0.238. The second-order valence-corrected chi connectivity index (χ2v) is 5.63. The van der Waals surface area contributed by atoms with E-state index in [1.165, 1.54) is 40.3 Å². The first-order valence-electron chi connectivity index (χ1n) is 7.83. The molecule has 0 fully saturated rings. The Balaban J connectivity index is 2.01. The van der Waals surface area contributed by atoms with E-state index >= 15 is 0 Å². The molecule has 0 N–H and O–H groups in total. The fourth-order valence-electron chi connectivity index (χ4n) is 2.80. The van der Waals surface area contributed by atoms with Gasteiger partial charge in [0.1, 0.15) is 0 Å². The number of hydrogen-bond donors (Lipinski definition) is 0. The SMILES string of the molecule is CCCCc1cc2ccccc2[c]c1Cc1ccccc1. The molecular formula is C21H21. The van der Waals surface area contributed by atoms with E-state index in [1.54, 1.807) is 0 Å². The van der Waals surface area contributed by atoms with E-state index < -0.39 is 0 Å². The van der Waals surface area contributed by atoms with Crippen LogP contribution in [0.25, 0.3) is 10.8 Å². The Morgan fingerprint density at radius 2 is 1.67 bits per heavy atom. The number of benzene rings is 3. The minimum Gasteiger partial charge on any atom is -0.0654 e. The minimum atomic E-state index is 0.977. The van der Waals surface area contributed by atoms with Gasteiger partial charge in [0.2, 0.25) is 0 Å². The van der Waals surface area contributed by atoms with E-state index in [0.29, 0.717) is 0 Å². The molecule has 3 aromatic rings. The summed E-state index contributed by atoms with van der Waals surface area (Å²) in [6, 6.07) is 25.3. The molecule has 3 rings (SSSR count). The van der Waals surface area contributed by atoms with Gasteiger partial charge in [-0.2, -0.15) is 0 Å². The Hall–Kier alpha value is -2.08. The van der Waals surface area contributed by atoms with Crippen molar-refractivity contribution in [3.63, 3.8) is 0 Å². The molecule has 0 heterocycles. The lowest BCUT2D eigenvalue weighted by Gasteiger charge is -2.11. The third-order valence-electron chi connectivity index (χ3n) is 3.99. The van der Waals surface area contributed by atoms with Crippen LogP contribution in [-0.2, 0) is 12.8 Å². The van der Waals surface area contributed by atoms with Gasteiger partial charge in [0.05, 0.1) is 0 Å². The van der Waals surface area contributed by atoms with Gasteiger partial charge in [-0.3, -0.25) is 0 Å². The smallest absolute Gasteiger partial charge is 0.00166 e. The molecule has 0 amide bonds. The Morgan fingerprint density at radius 1 is 0.905 bits per heavy atom. The van der Waals surface area contributed by atoms with Crippen LogP contribution in [0.15, 0.2) is 60.7 Å². The third kappa shape index (κ3) is 3.33. The second-order valence-electron chi connectivity index (χ2n) is 5.63. The first-order chi connectivity index (χ1) is 10.4. The van der Waals surface area contributed by atoms with Gasteiger partial charge in [0.25, 0.3) is 0 Å². The molecule has 0 saturated carbocycles. The van der Waals surface area contributed by atoms with Gasteiger partial charge in [0.15, 0.2) is 0 Å². The van der Waals surface area contributed by atoms with Crippen LogP contribution in [0.5, 0.6) is 0 Å². The average Bonchev–Trinajstić information content (AvgIpc) is 2.54. The van der Waals surface area contributed by atoms with Gasteiger partial charge in [-0.1, -0.05) is 74.0 Å². The number of aryl methyl sites for hydroxylation is 1. The largest absolute Gasteiger partial charge is 0.0654 e. The molecule has 0 aromatic heterocycles. The van der Waals surface area contributed by atoms with Crippen LogP contribution in [0.3, 0.4) is 0 Å². The maximum Gasteiger partial charge on any atom is -0.00166 e. The summed E-state index contributed by atoms with van der Waals surface area (Å²) < 4.78 is 0. The van der Waals surface area contributed by atoms with Crippen LogP contribution in [0.4, 0.5) is 0 Å². The van der Waals surface area contributed by atoms with Gasteiger partial charge in [-0.15, -0.1) is 0 Å². The summed E-state index contributed by atoms with van der Waals surface area (Å²) in [5.74, 6) is 0. The predicted octanol–water partition coefficient (Wildman–Crippen LogP) is 5.57. The van der Waals surface area contributed by atoms with Gasteiger partial charge in [-0.05, 0) is 52.8 Å². The molecular weight excluding hydrogens is 252 g/mol. The first kappa shape index (κ1) is 13.9. The number of rotatable bonds is 5. The van der Waals surface area contributed by atoms with Gasteiger partial charge in [-0.25, -0.2) is 0 Å². The molecule has 0 saturated heterocycles. The number of unbranched alkanes of at least 4 members (excludes halogenated alkanes) is 1. The van der Waals surface area contributed by atoms with E-state index in [9.17, 15) is 0 Å². The summed E-state index contributed by atoms with van der Waals surface area (Å²) in [4.78, 5) is 0. The molecule has 0 nitrogen and oxygen atoms in total. The summed E-state index contributed by atoms with van der Waals surface area (Å²) in [6.45, 7) is 2.25. The molecule has 0 spiro atoms. The van der Waals surface area contributed by atoms with Crippen molar-refractivity contribution in [3.8, 4) is 0 Å². The van der Waals surface area contributed by atoms with E-state index in [-0.39, 0.29) is 0 Å². The Kier molecular flexibility index (Phi) is 4.35. The van der Waals surface area contributed by atoms with Gasteiger partial charge < -0.3 is 0 Å². The van der Waals surface area contributed by atoms with Crippen molar-refractivity contribution in [3.05, 3.63) is 83.4 Å². The van der Waals surface area contributed by atoms with Crippen LogP contribution in [0.1, 0.15) is 36.5 Å². The second kappa shape index (κ2) is 6.58. The lowest BCUT2D eigenvalue weighted by atomic mass is 9.93. The third-order valence-corrected chi connectivity index (χ3v) is 3.99. The van der Waals surface area contributed by atoms with Crippen molar-refractivity contribution in [2.24, 2.45) is 0 Å². The standard InChI is InChI=1S/C21H21/c1-2-3-11-20-15-18-12-7-8-13-19(18)16-21(20)14-17-9-5-4-6-10-17/h4-10,12-13,15H,2-3,11,14H2,1H3. The zero-order chi connectivity index (χ0) is 14.5. The van der Waals surface area contributed by atoms with Crippen LogP contribution in [0.2, 0.25) is 0 Å². The van der Waals surface area contributed by atoms with Crippen molar-refractivity contribution in [2.75, 3.05) is 0 Å². The summed E-state index contributed by atoms with van der Waals surface area (Å²) in [6.07, 6.45) is 4.61. The van der Waals surface area contributed by atoms with Crippen LogP contribution in [-0.4, -0.2) is 0 Å². The van der Waals surface area contributed by atoms with Crippen molar-refractivity contribution < 1.29 is 0 Å². The molecule has 105 valence electrons. The van der Waals surface area contributed by atoms with Crippen LogP contribution >= 0.6 is 0 Å². The van der Waals surface area contributed by atoms with Crippen molar-refractivity contribution in [2.45, 2.75) is 32.6 Å². The number of hydrogen-bond acceptors (Lipinski definition) is 0. The quantitative estimate of drug-likeness (QED) is 0.570. The van der Waals surface area contributed by atoms with Crippen molar-refractivity contribution in [1.29, 1.82) is 0 Å². The highest BCUT2D eigenvalue weighted by molar-refractivity contribution is 5.83. The Bertz CT molecular complexity index is 710. The maximum absolute atomic E-state index is 3.65. The molecule has 21 heavy (non-hydrogen) atoms. The Labute approximate surface area is 127 Å². The molecule has 0 aliphatic heterocycles. The number of fused-ring (bicyclic) bond motifs is 1. The molecule has 0 heteroatoms. The fourth-order valence-corrected chi connectivity index (χ4v) is 2.80. The van der Waals surface area contributed by atoms with E-state index in [4.69, 9.17) is 0 Å². The molecule has 0 bridgehead atoms. The minimum absolute atomic E-state index is 0.977. The monoisotopic (exact) mass is 273 g/mol. The molecule has 0 unspecified atom stereocenters. The van der Waals surface area contributed by atoms with Gasteiger partial charge in [0, 0.05) is 0 Å². The van der Waals surface area contributed by atoms with Crippen LogP contribution < -0.4 is 0 Å². The van der Waals surface area contributed by atoms with Crippen molar-refractivity contribution in [1.82, 2.24) is 0 Å². The van der Waals surface area contributed by atoms with E-state index in [0.717, 1.165) is 12.8 Å². The summed E-state index contributed by atoms with van der Waals surface area (Å²) in [5.41, 5.74) is 4.18. The van der Waals surface area contributed by atoms with E-state index in [1.807, 2.05) is 0 Å². The average molecular weight is 273 g/mol. The lowest BCUT2D eigenvalue weighted by molar-refractivity contribution is 0.789. The molecule has 0 atom stereocenters. The van der Waals surface area contributed by atoms with Crippen LogP contribution in [0, 0.1) is 6.07 Å². The lowest BCUT2D eigenvalue weighted by Crippen LogP contribution is -1.97. The van der Waals surface area contributed by atoms with E-state index in [2.05, 4.69) is 73.7 Å². The van der Waals surface area contributed by atoms with Crippen molar-refractivity contribution >= 4 is 10.8 Å². The normalized spacial score (nSPS) is 10.9. The highest BCUT2D eigenvalue weighted by Crippen LogP contribution is 2.23. The topological polar surface area (TPSA) is 0 Å². The summed E-state index contributed by atoms with van der Waals surface area (Å²) in [5, 5.41) is 2.53. The molecule has 0 aliphatic rings. The zero-order valence-electron chi connectivity index (χ0n) is 12.6. The first-order valence-corrected chi connectivity index (χ1v) is 7.83. The predicted molar refractivity (Wildman–Crippen MR) is 90.6 cm³/mol. The highest BCUT2D eigenvalue weighted by Gasteiger charge is 2.06. The zero-order valence-corrected chi connectivity index (χ0v) is 12.6.